The molecule has 3 aromatic rings. The molecule has 0 N–H and O–H groups in total. The second-order valence-electron chi connectivity index (χ2n) is 5.72. The van der Waals surface area contributed by atoms with E-state index in [0.717, 1.165) is 56.6 Å². The Bertz CT molecular complexity index is 783. The van der Waals surface area contributed by atoms with Crippen molar-refractivity contribution in [1.29, 1.82) is 0 Å². The van der Waals surface area contributed by atoms with Gasteiger partial charge in [-0.15, -0.1) is 15.3 Å². The number of nitrogens with zero attached hydrogens (tertiary/aromatic N) is 8. The molecule has 4 rings (SSSR count). The summed E-state index contributed by atoms with van der Waals surface area (Å²) in [5.74, 6) is 2.12. The molecule has 23 heavy (non-hydrogen) atoms. The molecule has 8 nitrogen and oxygen atoms in total. The smallest absolute Gasteiger partial charge is 0.177 e. The quantitative estimate of drug-likeness (QED) is 0.705. The largest absolute Gasteiger partial charge is 0.353 e. The molecule has 0 atom stereocenters. The molecular weight excluding hydrogens is 292 g/mol. The molecule has 1 aliphatic rings. The summed E-state index contributed by atoms with van der Waals surface area (Å²) in [6.07, 6.45) is 5.57. The molecule has 0 spiro atoms. The fourth-order valence-corrected chi connectivity index (χ4v) is 3.00. The highest BCUT2D eigenvalue weighted by atomic mass is 15.4. The maximum atomic E-state index is 4.57. The minimum atomic E-state index is 0.777. The van der Waals surface area contributed by atoms with Crippen LogP contribution in [0.25, 0.3) is 5.65 Å². The van der Waals surface area contributed by atoms with Gasteiger partial charge in [-0.1, -0.05) is 0 Å². The standard InChI is InChI=1S/C15H20N8/c1-2-21-6-5-16-15(21)11-20-7-9-22(10-8-20)14-4-3-13-18-17-12-23(13)19-14/h3-6,12H,2,7-11H2,1H3. The summed E-state index contributed by atoms with van der Waals surface area (Å²) in [7, 11) is 0. The van der Waals surface area contributed by atoms with E-state index in [1.807, 2.05) is 24.5 Å². The van der Waals surface area contributed by atoms with Crippen LogP contribution in [0.4, 0.5) is 5.82 Å². The first-order valence-corrected chi connectivity index (χ1v) is 7.98. The van der Waals surface area contributed by atoms with Crippen LogP contribution in [0.1, 0.15) is 12.7 Å². The van der Waals surface area contributed by atoms with Crippen molar-refractivity contribution in [3.63, 3.8) is 0 Å². The fraction of sp³-hybridized carbons (Fsp3) is 0.467. The summed E-state index contributed by atoms with van der Waals surface area (Å²) in [6, 6.07) is 3.98. The van der Waals surface area contributed by atoms with Crippen molar-refractivity contribution in [1.82, 2.24) is 34.3 Å². The van der Waals surface area contributed by atoms with Gasteiger partial charge in [0.25, 0.3) is 0 Å². The van der Waals surface area contributed by atoms with E-state index in [4.69, 9.17) is 0 Å². The Morgan fingerprint density at radius 2 is 2.00 bits per heavy atom. The van der Waals surface area contributed by atoms with Gasteiger partial charge in [0.05, 0.1) is 6.54 Å². The number of fused-ring (bicyclic) bond motifs is 1. The maximum Gasteiger partial charge on any atom is 0.177 e. The third-order valence-electron chi connectivity index (χ3n) is 4.35. The normalized spacial score (nSPS) is 16.3. The number of aromatic nitrogens is 6. The van der Waals surface area contributed by atoms with E-state index < -0.39 is 0 Å². The lowest BCUT2D eigenvalue weighted by atomic mass is 10.3. The van der Waals surface area contributed by atoms with Crippen LogP contribution in [0.15, 0.2) is 30.9 Å². The first-order chi connectivity index (χ1) is 11.3. The Balaban J connectivity index is 1.40. The van der Waals surface area contributed by atoms with Crippen LogP contribution < -0.4 is 4.90 Å². The van der Waals surface area contributed by atoms with Gasteiger partial charge in [-0.2, -0.15) is 4.52 Å². The lowest BCUT2D eigenvalue weighted by molar-refractivity contribution is 0.240. The third-order valence-corrected chi connectivity index (χ3v) is 4.35. The van der Waals surface area contributed by atoms with Crippen LogP contribution in [0.5, 0.6) is 0 Å². The van der Waals surface area contributed by atoms with Gasteiger partial charge in [0.15, 0.2) is 5.65 Å². The number of piperazine rings is 1. The molecule has 0 unspecified atom stereocenters. The summed E-state index contributed by atoms with van der Waals surface area (Å²) in [5.41, 5.74) is 0.777. The zero-order valence-corrected chi connectivity index (χ0v) is 13.2. The van der Waals surface area contributed by atoms with Crippen molar-refractivity contribution in [2.45, 2.75) is 20.0 Å². The molecule has 0 amide bonds. The summed E-state index contributed by atoms with van der Waals surface area (Å²) in [4.78, 5) is 9.22. The zero-order valence-electron chi connectivity index (χ0n) is 13.2. The van der Waals surface area contributed by atoms with Gasteiger partial charge >= 0.3 is 0 Å². The van der Waals surface area contributed by atoms with E-state index in [-0.39, 0.29) is 0 Å². The molecular formula is C15H20N8. The number of rotatable bonds is 4. The molecule has 3 aromatic heterocycles. The molecule has 8 heteroatoms. The number of hydrogen-bond donors (Lipinski definition) is 0. The summed E-state index contributed by atoms with van der Waals surface area (Å²) in [5, 5.41) is 12.4. The lowest BCUT2D eigenvalue weighted by Crippen LogP contribution is -2.46. The predicted octanol–water partition coefficient (Wildman–Crippen LogP) is 0.663. The predicted molar refractivity (Wildman–Crippen MR) is 86.2 cm³/mol. The maximum absolute atomic E-state index is 4.57. The average Bonchev–Trinajstić information content (AvgIpc) is 3.23. The highest BCUT2D eigenvalue weighted by molar-refractivity contribution is 5.45. The minimum absolute atomic E-state index is 0.777. The fourth-order valence-electron chi connectivity index (χ4n) is 3.00. The number of hydrogen-bond acceptors (Lipinski definition) is 6. The van der Waals surface area contributed by atoms with Gasteiger partial charge in [0.2, 0.25) is 0 Å². The van der Waals surface area contributed by atoms with Crippen LogP contribution in [-0.2, 0) is 13.1 Å². The highest BCUT2D eigenvalue weighted by Crippen LogP contribution is 2.15. The monoisotopic (exact) mass is 312 g/mol. The molecule has 1 aliphatic heterocycles. The summed E-state index contributed by atoms with van der Waals surface area (Å²) < 4.78 is 3.92. The molecule has 0 aliphatic carbocycles. The Morgan fingerprint density at radius 3 is 2.83 bits per heavy atom. The topological polar surface area (TPSA) is 67.4 Å². The lowest BCUT2D eigenvalue weighted by Gasteiger charge is -2.35. The average molecular weight is 312 g/mol. The van der Waals surface area contributed by atoms with E-state index >= 15 is 0 Å². The van der Waals surface area contributed by atoms with Crippen LogP contribution >= 0.6 is 0 Å². The van der Waals surface area contributed by atoms with Gasteiger partial charge < -0.3 is 9.47 Å². The van der Waals surface area contributed by atoms with Gasteiger partial charge in [-0.05, 0) is 19.1 Å². The molecule has 0 bridgehead atoms. The third kappa shape index (κ3) is 2.77. The molecule has 4 heterocycles. The number of anilines is 1. The molecule has 1 saturated heterocycles. The summed E-state index contributed by atoms with van der Waals surface area (Å²) >= 11 is 0. The summed E-state index contributed by atoms with van der Waals surface area (Å²) in [6.45, 7) is 7.98. The SMILES string of the molecule is CCn1ccnc1CN1CCN(c2ccc3nncn3n2)CC1. The highest BCUT2D eigenvalue weighted by Gasteiger charge is 2.19. The number of aryl methyl sites for hydroxylation is 1. The molecule has 0 saturated carbocycles. The van der Waals surface area contributed by atoms with Crippen LogP contribution in [0.2, 0.25) is 0 Å². The van der Waals surface area contributed by atoms with Crippen molar-refractivity contribution >= 4 is 11.5 Å². The van der Waals surface area contributed by atoms with Gasteiger partial charge in [0.1, 0.15) is 18.0 Å². The molecule has 1 fully saturated rings. The zero-order chi connectivity index (χ0) is 15.6. The Morgan fingerprint density at radius 1 is 1.13 bits per heavy atom. The van der Waals surface area contributed by atoms with Crippen molar-refractivity contribution in [3.05, 3.63) is 36.7 Å². The minimum Gasteiger partial charge on any atom is -0.353 e. The van der Waals surface area contributed by atoms with E-state index in [1.165, 1.54) is 0 Å². The van der Waals surface area contributed by atoms with E-state index in [2.05, 4.69) is 41.6 Å². The second-order valence-corrected chi connectivity index (χ2v) is 5.72. The van der Waals surface area contributed by atoms with Crippen LogP contribution in [-0.4, -0.2) is 60.4 Å². The Labute approximate surface area is 134 Å². The van der Waals surface area contributed by atoms with E-state index in [9.17, 15) is 0 Å². The Kier molecular flexibility index (Phi) is 3.66. The first kappa shape index (κ1) is 14.1. The van der Waals surface area contributed by atoms with Crippen LogP contribution in [0, 0.1) is 0 Å². The second kappa shape index (κ2) is 5.96. The Hall–Kier alpha value is -2.48. The van der Waals surface area contributed by atoms with Gasteiger partial charge in [-0.3, -0.25) is 4.90 Å². The number of imidazole rings is 1. The van der Waals surface area contributed by atoms with E-state index in [0.29, 0.717) is 0 Å². The molecule has 0 aromatic carbocycles. The van der Waals surface area contributed by atoms with Gasteiger partial charge in [-0.25, -0.2) is 4.98 Å². The van der Waals surface area contributed by atoms with Crippen molar-refractivity contribution in [3.8, 4) is 0 Å². The van der Waals surface area contributed by atoms with Crippen LogP contribution in [0.3, 0.4) is 0 Å². The molecule has 120 valence electrons. The van der Waals surface area contributed by atoms with Crippen molar-refractivity contribution in [2.24, 2.45) is 0 Å². The van der Waals surface area contributed by atoms with E-state index in [1.54, 1.807) is 10.8 Å². The first-order valence-electron chi connectivity index (χ1n) is 7.98. The van der Waals surface area contributed by atoms with Gasteiger partial charge in [0, 0.05) is 45.1 Å². The van der Waals surface area contributed by atoms with Crippen molar-refractivity contribution < 1.29 is 0 Å². The molecule has 0 radical (unpaired) electrons. The van der Waals surface area contributed by atoms with Crippen molar-refractivity contribution in [2.75, 3.05) is 31.1 Å².